The number of sulfonamides is 1. The molecular formula is C42H43F3N8O8S2. The van der Waals surface area contributed by atoms with Gasteiger partial charge in [0.15, 0.2) is 11.0 Å². The van der Waals surface area contributed by atoms with Crippen molar-refractivity contribution in [3.63, 3.8) is 0 Å². The second-order valence-electron chi connectivity index (χ2n) is 16.5. The van der Waals surface area contributed by atoms with E-state index in [1.54, 1.807) is 57.6 Å². The van der Waals surface area contributed by atoms with Crippen molar-refractivity contribution in [1.82, 2.24) is 34.8 Å². The fourth-order valence-electron chi connectivity index (χ4n) is 7.63. The summed E-state index contributed by atoms with van der Waals surface area (Å²) in [4.78, 5) is 71.8. The number of aromatic nitrogens is 3. The van der Waals surface area contributed by atoms with E-state index in [-0.39, 0.29) is 64.9 Å². The van der Waals surface area contributed by atoms with Crippen LogP contribution in [-0.4, -0.2) is 106 Å². The Labute approximate surface area is 363 Å². The number of para-hydroxylation sites is 1. The molecule has 16 nitrogen and oxygen atoms in total. The van der Waals surface area contributed by atoms with Crippen LogP contribution in [0.5, 0.6) is 5.88 Å². The molecule has 5 aromatic rings. The van der Waals surface area contributed by atoms with Crippen LogP contribution in [0.3, 0.4) is 0 Å². The number of nitrogens with one attached hydrogen (secondary N) is 3. The van der Waals surface area contributed by atoms with Crippen LogP contribution in [0.4, 0.5) is 18.3 Å². The number of carbonyl (C=O) groups is 4. The third kappa shape index (κ3) is 8.54. The van der Waals surface area contributed by atoms with Gasteiger partial charge in [-0.3, -0.25) is 23.9 Å². The molecule has 1 aliphatic heterocycles. The quantitative estimate of drug-likeness (QED) is 0.120. The van der Waals surface area contributed by atoms with E-state index in [2.05, 4.69) is 36.9 Å². The van der Waals surface area contributed by atoms with Gasteiger partial charge in [-0.25, -0.2) is 18.4 Å². The van der Waals surface area contributed by atoms with Crippen molar-refractivity contribution in [3.05, 3.63) is 77.8 Å². The number of halogens is 3. The van der Waals surface area contributed by atoms with Crippen molar-refractivity contribution in [1.29, 1.82) is 0 Å². The number of anilines is 1. The fourth-order valence-corrected chi connectivity index (χ4v) is 9.71. The number of ether oxygens (including phenoxy) is 1. The number of hydrogen-bond donors (Lipinski definition) is 3. The Bertz CT molecular complexity index is 2750. The van der Waals surface area contributed by atoms with Gasteiger partial charge >= 0.3 is 6.18 Å². The van der Waals surface area contributed by atoms with Crippen LogP contribution in [0.15, 0.2) is 71.0 Å². The highest BCUT2D eigenvalue weighted by molar-refractivity contribution is 7.91. The first kappa shape index (κ1) is 43.6. The maximum absolute atomic E-state index is 14.8. The molecule has 3 aromatic heterocycles. The molecule has 2 aliphatic carbocycles. The molecule has 21 heteroatoms. The number of nitrogens with zero attached hydrogens (tertiary/aromatic N) is 5. The lowest BCUT2D eigenvalue weighted by Crippen LogP contribution is -2.58. The molecule has 3 fully saturated rings. The zero-order chi connectivity index (χ0) is 45.2. The summed E-state index contributed by atoms with van der Waals surface area (Å²) < 4.78 is 80.8. The van der Waals surface area contributed by atoms with Crippen LogP contribution in [0.1, 0.15) is 55.6 Å². The molecule has 2 aromatic carbocycles. The van der Waals surface area contributed by atoms with Crippen LogP contribution >= 0.6 is 11.3 Å². The molecule has 3 N–H and O–H groups in total. The standard InChI is InChI=1S/C42H43F3N8O8S2/c1-6-23-18-41(23,39(57)51-63(58,59)26-15-16-26)50-35(54)29-17-25(19-53(29)38(56)31(21(2)3)48-40-46-28(20-62-40)37(55)52(4)5)60-36-33-32(27-9-7-8-10-30(27)61-33)47-34(49-36)22-11-13-24(14-12-22)42(43,44)45/h6-14,20-21,23,25-26,29,31H,1,15-19H2,2-5H3,(H,46,48)(H,50,54)(H,51,57)/t23-,25-,29+,31+,41-/m1/s1. The number of likely N-dealkylation sites (tertiary alicyclic amines) is 1. The predicted molar refractivity (Wildman–Crippen MR) is 226 cm³/mol. The number of thiazole rings is 1. The van der Waals surface area contributed by atoms with E-state index in [1.807, 2.05) is 0 Å². The molecule has 3 aliphatic rings. The van der Waals surface area contributed by atoms with Crippen LogP contribution in [0, 0.1) is 11.8 Å². The number of amides is 4. The van der Waals surface area contributed by atoms with Gasteiger partial charge in [0.05, 0.1) is 17.4 Å². The van der Waals surface area contributed by atoms with E-state index in [1.165, 1.54) is 28.0 Å². The second-order valence-corrected chi connectivity index (χ2v) is 19.3. The molecule has 63 heavy (non-hydrogen) atoms. The summed E-state index contributed by atoms with van der Waals surface area (Å²) in [6.45, 7) is 7.15. The van der Waals surface area contributed by atoms with Crippen molar-refractivity contribution in [3.8, 4) is 17.3 Å². The van der Waals surface area contributed by atoms with Gasteiger partial charge in [0.1, 0.15) is 40.5 Å². The first-order valence-corrected chi connectivity index (χ1v) is 22.5. The molecule has 0 unspecified atom stereocenters. The molecule has 8 rings (SSSR count). The van der Waals surface area contributed by atoms with Gasteiger partial charge in [-0.05, 0) is 49.4 Å². The van der Waals surface area contributed by atoms with Gasteiger partial charge in [0, 0.05) is 42.8 Å². The van der Waals surface area contributed by atoms with E-state index in [0.29, 0.717) is 29.3 Å². The Kier molecular flexibility index (Phi) is 11.2. The monoisotopic (exact) mass is 908 g/mol. The fraction of sp³-hybridized carbons (Fsp3) is 0.405. The number of alkyl halides is 3. The normalized spacial score (nSPS) is 21.6. The van der Waals surface area contributed by atoms with Crippen LogP contribution in [0.2, 0.25) is 0 Å². The van der Waals surface area contributed by atoms with Gasteiger partial charge in [-0.15, -0.1) is 17.9 Å². The van der Waals surface area contributed by atoms with Gasteiger partial charge in [0.25, 0.3) is 17.7 Å². The minimum Gasteiger partial charge on any atom is -0.470 e. The molecule has 0 spiro atoms. The molecule has 0 bridgehead atoms. The number of benzene rings is 2. The molecule has 4 heterocycles. The topological polar surface area (TPSA) is 206 Å². The Hall–Kier alpha value is -6.09. The van der Waals surface area contributed by atoms with Gasteiger partial charge < -0.3 is 29.6 Å². The van der Waals surface area contributed by atoms with E-state index < -0.39 is 74.4 Å². The van der Waals surface area contributed by atoms with Crippen molar-refractivity contribution >= 4 is 72.2 Å². The minimum absolute atomic E-state index is 0.0240. The number of rotatable bonds is 14. The van der Waals surface area contributed by atoms with E-state index in [4.69, 9.17) is 9.15 Å². The zero-order valence-corrected chi connectivity index (χ0v) is 36.1. The average molecular weight is 909 g/mol. The van der Waals surface area contributed by atoms with E-state index in [9.17, 15) is 40.8 Å². The van der Waals surface area contributed by atoms with Crippen LogP contribution < -0.4 is 20.1 Å². The van der Waals surface area contributed by atoms with E-state index >= 15 is 0 Å². The number of carbonyl (C=O) groups excluding carboxylic acids is 4. The van der Waals surface area contributed by atoms with Gasteiger partial charge in [-0.2, -0.15) is 18.2 Å². The first-order valence-electron chi connectivity index (χ1n) is 20.1. The van der Waals surface area contributed by atoms with E-state index in [0.717, 1.165) is 23.5 Å². The summed E-state index contributed by atoms with van der Waals surface area (Å²) in [6.07, 6.45) is -3.33. The lowest BCUT2D eigenvalue weighted by Gasteiger charge is -2.31. The first-order chi connectivity index (χ1) is 29.8. The maximum Gasteiger partial charge on any atom is 0.416 e. The summed E-state index contributed by atoms with van der Waals surface area (Å²) in [5, 5.41) is 7.61. The molecule has 2 saturated carbocycles. The third-order valence-electron chi connectivity index (χ3n) is 11.4. The van der Waals surface area contributed by atoms with Crippen LogP contribution in [0.25, 0.3) is 33.5 Å². The third-order valence-corrected chi connectivity index (χ3v) is 14.0. The second kappa shape index (κ2) is 16.2. The summed E-state index contributed by atoms with van der Waals surface area (Å²) in [6, 6.07) is 9.01. The highest BCUT2D eigenvalue weighted by Gasteiger charge is 2.62. The summed E-state index contributed by atoms with van der Waals surface area (Å²) >= 11 is 1.12. The minimum atomic E-state index is -4.57. The predicted octanol–water partition coefficient (Wildman–Crippen LogP) is 5.37. The number of fused-ring (bicyclic) bond motifs is 3. The van der Waals surface area contributed by atoms with Crippen molar-refractivity contribution in [2.24, 2.45) is 11.8 Å². The summed E-state index contributed by atoms with van der Waals surface area (Å²) in [5.41, 5.74) is -1.25. The molecule has 0 radical (unpaired) electrons. The largest absolute Gasteiger partial charge is 0.470 e. The van der Waals surface area contributed by atoms with Crippen molar-refractivity contribution in [2.45, 2.75) is 74.7 Å². The maximum atomic E-state index is 14.8. The zero-order valence-electron chi connectivity index (χ0n) is 34.4. The molecular weight excluding hydrogens is 866 g/mol. The lowest BCUT2D eigenvalue weighted by molar-refractivity contribution is -0.140. The van der Waals surface area contributed by atoms with Gasteiger partial charge in [0.2, 0.25) is 27.4 Å². The number of furan rings is 1. The molecule has 332 valence electrons. The smallest absolute Gasteiger partial charge is 0.416 e. The summed E-state index contributed by atoms with van der Waals surface area (Å²) in [7, 11) is -0.811. The Morgan fingerprint density at radius 1 is 1.06 bits per heavy atom. The average Bonchev–Trinajstić information content (AvgIpc) is 4.08. The van der Waals surface area contributed by atoms with Crippen molar-refractivity contribution in [2.75, 3.05) is 26.0 Å². The lowest BCUT2D eigenvalue weighted by atomic mass is 10.0. The number of hydrogen-bond acceptors (Lipinski definition) is 13. The Morgan fingerprint density at radius 3 is 2.41 bits per heavy atom. The highest BCUT2D eigenvalue weighted by atomic mass is 32.2. The highest BCUT2D eigenvalue weighted by Crippen LogP contribution is 2.46. The molecule has 4 amide bonds. The van der Waals surface area contributed by atoms with Crippen molar-refractivity contribution < 1.29 is 49.9 Å². The molecule has 1 saturated heterocycles. The summed E-state index contributed by atoms with van der Waals surface area (Å²) in [5.74, 6) is -3.61. The van der Waals surface area contributed by atoms with Gasteiger partial charge in [-0.1, -0.05) is 44.2 Å². The van der Waals surface area contributed by atoms with Crippen LogP contribution in [-0.2, 0) is 30.6 Å². The Morgan fingerprint density at radius 2 is 1.78 bits per heavy atom. The SMILES string of the molecule is C=C[C@@H]1C[C@]1(NC(=O)[C@@H]1C[C@@H](Oc2nc(-c3ccc(C(F)(F)F)cc3)nc3c2oc2ccccc23)CN1C(=O)[C@@H](Nc1nc(C(=O)N(C)C)cs1)C(C)C)C(=O)NS(=O)(=O)C1CC1. The Balaban J connectivity index is 1.14. The molecule has 5 atom stereocenters.